The second kappa shape index (κ2) is 11.7. The van der Waals surface area contributed by atoms with Crippen molar-refractivity contribution in [1.82, 2.24) is 19.4 Å². The molecule has 2 aromatic carbocycles. The van der Waals surface area contributed by atoms with Crippen LogP contribution in [0.4, 0.5) is 26.0 Å². The van der Waals surface area contributed by atoms with Crippen LogP contribution < -0.4 is 21.6 Å². The van der Waals surface area contributed by atoms with E-state index in [0.29, 0.717) is 16.9 Å². The van der Waals surface area contributed by atoms with Gasteiger partial charge in [-0.25, -0.2) is 13.6 Å². The summed E-state index contributed by atoms with van der Waals surface area (Å²) in [6, 6.07) is 2.15. The molecule has 0 radical (unpaired) electrons. The van der Waals surface area contributed by atoms with E-state index in [9.17, 15) is 9.59 Å². The Morgan fingerprint density at radius 1 is 1.17 bits per heavy atom. The third-order valence-electron chi connectivity index (χ3n) is 8.66. The molecule has 1 fully saturated rings. The normalized spacial score (nSPS) is 17.6. The molecule has 9 nitrogen and oxygen atoms in total. The molecule has 3 N–H and O–H groups in total. The van der Waals surface area contributed by atoms with Crippen molar-refractivity contribution in [3.8, 4) is 16.8 Å². The molecule has 46 heavy (non-hydrogen) atoms. The Morgan fingerprint density at radius 3 is 2.57 bits per heavy atom. The van der Waals surface area contributed by atoms with E-state index in [0.717, 1.165) is 6.07 Å². The van der Waals surface area contributed by atoms with E-state index >= 15 is 8.78 Å². The van der Waals surface area contributed by atoms with Crippen LogP contribution in [0.25, 0.3) is 27.7 Å². The number of nitrogen functional groups attached to an aromatic ring is 1. The minimum Gasteiger partial charge on any atom is -0.397 e. The van der Waals surface area contributed by atoms with Crippen molar-refractivity contribution in [2.45, 2.75) is 45.7 Å². The number of fused-ring (bicyclic) bond motifs is 2. The molecule has 2 aromatic heterocycles. The molecule has 4 aromatic rings. The second-order valence-electron chi connectivity index (χ2n) is 11.8. The van der Waals surface area contributed by atoms with Gasteiger partial charge < -0.3 is 20.9 Å². The molecule has 2 unspecified atom stereocenters. The number of amides is 1. The zero-order valence-electron chi connectivity index (χ0n) is 25.4. The minimum absolute atomic E-state index is 0.105. The molecule has 6 rings (SSSR count). The number of nitrogens with zero attached hydrogens (tertiary/aromatic N) is 5. The van der Waals surface area contributed by atoms with Crippen LogP contribution in [0, 0.1) is 18.6 Å². The summed E-state index contributed by atoms with van der Waals surface area (Å²) >= 11 is 19.5. The highest BCUT2D eigenvalue weighted by atomic mass is 35.5. The summed E-state index contributed by atoms with van der Waals surface area (Å²) in [5.74, 6) is -2.29. The molecule has 0 saturated carbocycles. The van der Waals surface area contributed by atoms with Crippen molar-refractivity contribution in [1.29, 1.82) is 0 Å². The summed E-state index contributed by atoms with van der Waals surface area (Å²) < 4.78 is 34.5. The Labute approximate surface area is 278 Å². The van der Waals surface area contributed by atoms with Gasteiger partial charge in [-0.1, -0.05) is 55.2 Å². The lowest BCUT2D eigenvalue weighted by Gasteiger charge is -2.45. The smallest absolute Gasteiger partial charge is 0.354 e. The number of halogens is 5. The summed E-state index contributed by atoms with van der Waals surface area (Å²) in [7, 11) is 0. The van der Waals surface area contributed by atoms with Crippen LogP contribution in [0.5, 0.6) is 0 Å². The molecule has 1 amide bonds. The number of pyridine rings is 1. The number of carbonyl (C=O) groups excluding carboxylic acids is 1. The van der Waals surface area contributed by atoms with Crippen LogP contribution in [-0.4, -0.2) is 57.1 Å². The molecular weight excluding hydrogens is 659 g/mol. The fraction of sp³-hybridized carbons (Fsp3) is 0.312. The van der Waals surface area contributed by atoms with E-state index in [1.165, 1.54) is 10.6 Å². The van der Waals surface area contributed by atoms with Crippen LogP contribution in [0.1, 0.15) is 37.9 Å². The van der Waals surface area contributed by atoms with E-state index < -0.39 is 34.5 Å². The fourth-order valence-electron chi connectivity index (χ4n) is 6.45. The number of aromatic nitrogens is 3. The molecule has 2 aliphatic heterocycles. The second-order valence-corrected chi connectivity index (χ2v) is 13.0. The molecule has 0 bridgehead atoms. The van der Waals surface area contributed by atoms with Crippen molar-refractivity contribution in [2.75, 3.05) is 35.6 Å². The molecule has 0 aliphatic carbocycles. The number of anilines is 3. The lowest BCUT2D eigenvalue weighted by molar-refractivity contribution is -0.128. The Morgan fingerprint density at radius 2 is 1.89 bits per heavy atom. The van der Waals surface area contributed by atoms with Gasteiger partial charge in [0.05, 0.1) is 49.3 Å². The molecule has 4 heterocycles. The highest BCUT2D eigenvalue weighted by molar-refractivity contribution is 6.40. The number of piperazine rings is 1. The lowest BCUT2D eigenvalue weighted by atomic mass is 9.97. The Hall–Kier alpha value is -3.93. The summed E-state index contributed by atoms with van der Waals surface area (Å²) in [6.07, 6.45) is 2.86. The number of hydrogen-bond donors (Lipinski definition) is 2. The third-order valence-corrected chi connectivity index (χ3v) is 9.63. The van der Waals surface area contributed by atoms with Crippen LogP contribution >= 0.6 is 34.8 Å². The summed E-state index contributed by atoms with van der Waals surface area (Å²) in [5.41, 5.74) is 5.82. The first-order valence-corrected chi connectivity index (χ1v) is 15.7. The van der Waals surface area contributed by atoms with Crippen LogP contribution in [0.2, 0.25) is 15.1 Å². The molecule has 240 valence electrons. The lowest BCUT2D eigenvalue weighted by Crippen LogP contribution is -2.60. The van der Waals surface area contributed by atoms with Crippen molar-refractivity contribution < 1.29 is 13.6 Å². The molecule has 0 spiro atoms. The van der Waals surface area contributed by atoms with Gasteiger partial charge in [0.15, 0.2) is 11.6 Å². The van der Waals surface area contributed by atoms with E-state index in [2.05, 4.69) is 21.9 Å². The molecule has 1 saturated heterocycles. The molecular formula is C32H30Cl3F2N7O2. The molecule has 2 aliphatic rings. The Kier molecular flexibility index (Phi) is 8.15. The van der Waals surface area contributed by atoms with Crippen molar-refractivity contribution >= 4 is 68.8 Å². The van der Waals surface area contributed by atoms with E-state index in [4.69, 9.17) is 40.5 Å². The van der Waals surface area contributed by atoms with Gasteiger partial charge in [-0.2, -0.15) is 4.98 Å². The first kappa shape index (κ1) is 32.0. The largest absolute Gasteiger partial charge is 0.397 e. The predicted molar refractivity (Wildman–Crippen MR) is 180 cm³/mol. The monoisotopic (exact) mass is 687 g/mol. The number of rotatable bonds is 4. The summed E-state index contributed by atoms with van der Waals surface area (Å²) in [5, 5.41) is 2.80. The fourth-order valence-corrected chi connectivity index (χ4v) is 7.26. The standard InChI is InChI=1S/C32H30Cl3F2N7O2/c1-6-19(45)42-12-16-10-40-28-22-30(25(37)20(23(28)35)21-24(36)17(33)9-18(34)26(21)38)44(29-14(4)7-8-39-27(29)13(2)3)32(46)41-31(22)43(16)11-15(42)5/h6-9,13,15-16,40H,1,10-12,38H2,2-5H3. The van der Waals surface area contributed by atoms with Crippen LogP contribution in [0.3, 0.4) is 0 Å². The first-order valence-electron chi connectivity index (χ1n) is 14.6. The topological polar surface area (TPSA) is 109 Å². The molecule has 2 atom stereocenters. The van der Waals surface area contributed by atoms with Gasteiger partial charge >= 0.3 is 5.69 Å². The van der Waals surface area contributed by atoms with E-state index in [1.54, 1.807) is 24.1 Å². The summed E-state index contributed by atoms with van der Waals surface area (Å²) in [4.78, 5) is 39.6. The highest BCUT2D eigenvalue weighted by Gasteiger charge is 2.40. The Bertz CT molecular complexity index is 2010. The third kappa shape index (κ3) is 4.78. The van der Waals surface area contributed by atoms with Crippen LogP contribution in [0.15, 0.2) is 35.8 Å². The van der Waals surface area contributed by atoms with Gasteiger partial charge in [0.1, 0.15) is 11.3 Å². The van der Waals surface area contributed by atoms with Gasteiger partial charge in [0.25, 0.3) is 0 Å². The predicted octanol–water partition coefficient (Wildman–Crippen LogP) is 6.72. The van der Waals surface area contributed by atoms with Crippen molar-refractivity contribution in [2.24, 2.45) is 0 Å². The zero-order chi connectivity index (χ0) is 33.4. The van der Waals surface area contributed by atoms with Gasteiger partial charge in [-0.05, 0) is 43.5 Å². The quantitative estimate of drug-likeness (QED) is 0.139. The summed E-state index contributed by atoms with van der Waals surface area (Å²) in [6.45, 7) is 11.8. The number of hydrogen-bond acceptors (Lipinski definition) is 7. The van der Waals surface area contributed by atoms with E-state index in [-0.39, 0.29) is 80.7 Å². The number of aryl methyl sites for hydroxylation is 1. The molecule has 14 heteroatoms. The number of nitrogens with two attached hydrogens (primary N) is 1. The van der Waals surface area contributed by atoms with Gasteiger partial charge in [-0.15, -0.1) is 0 Å². The zero-order valence-corrected chi connectivity index (χ0v) is 27.7. The Balaban J connectivity index is 1.79. The van der Waals surface area contributed by atoms with E-state index in [1.807, 2.05) is 25.7 Å². The maximum atomic E-state index is 17.5. The van der Waals surface area contributed by atoms with Crippen LogP contribution in [-0.2, 0) is 4.79 Å². The average Bonchev–Trinajstić information content (AvgIpc) is 3.16. The van der Waals surface area contributed by atoms with Gasteiger partial charge in [0, 0.05) is 43.0 Å². The maximum absolute atomic E-state index is 17.5. The SMILES string of the molecule is C=CC(=O)N1CC2CNc3c(Cl)c(-c4c(N)c(Cl)cc(Cl)c4F)c(F)c4c3c(nc(=O)n4-c3c(C)ccnc3C(C)C)N2CC1C. The van der Waals surface area contributed by atoms with Crippen molar-refractivity contribution in [3.63, 3.8) is 0 Å². The van der Waals surface area contributed by atoms with Gasteiger partial charge in [0.2, 0.25) is 5.91 Å². The number of benzene rings is 2. The maximum Gasteiger partial charge on any atom is 0.354 e. The van der Waals surface area contributed by atoms with Crippen molar-refractivity contribution in [3.05, 3.63) is 79.4 Å². The number of carbonyl (C=O) groups is 1. The average molecular weight is 689 g/mol. The first-order chi connectivity index (χ1) is 21.8. The van der Waals surface area contributed by atoms with Gasteiger partial charge in [-0.3, -0.25) is 14.3 Å². The number of nitrogens with one attached hydrogen (secondary N) is 1. The minimum atomic E-state index is -1.03. The highest BCUT2D eigenvalue weighted by Crippen LogP contribution is 2.50.